The van der Waals surface area contributed by atoms with Crippen LogP contribution in [0.25, 0.3) is 0 Å². The van der Waals surface area contributed by atoms with E-state index >= 15 is 0 Å². The van der Waals surface area contributed by atoms with Crippen LogP contribution in [0.5, 0.6) is 0 Å². The average molecular weight is 261 g/mol. The monoisotopic (exact) mass is 261 g/mol. The number of nitrogens with two attached hydrogens (primary N) is 1. The van der Waals surface area contributed by atoms with Crippen molar-refractivity contribution in [1.82, 2.24) is 9.80 Å². The van der Waals surface area contributed by atoms with Gasteiger partial charge in [0.25, 0.3) is 0 Å². The van der Waals surface area contributed by atoms with Gasteiger partial charge in [0, 0.05) is 31.4 Å². The van der Waals surface area contributed by atoms with Crippen LogP contribution in [0.15, 0.2) is 24.3 Å². The Hall–Kier alpha value is -1.06. The molecule has 1 aliphatic rings. The molecule has 1 aromatic carbocycles. The molecule has 2 rings (SSSR count). The normalized spacial score (nSPS) is 15.4. The number of benzene rings is 1. The molecule has 0 bridgehead atoms. The third kappa shape index (κ3) is 4.22. The first-order valence-corrected chi connectivity index (χ1v) is 7.54. The number of rotatable bonds is 8. The Morgan fingerprint density at radius 1 is 1.11 bits per heavy atom. The number of hydrogen-bond acceptors (Lipinski definition) is 3. The number of anilines is 1. The summed E-state index contributed by atoms with van der Waals surface area (Å²) in [5.74, 6) is 0. The number of nitrogen functional groups attached to an aromatic ring is 1. The van der Waals surface area contributed by atoms with Gasteiger partial charge in [-0.1, -0.05) is 32.0 Å². The smallest absolute Gasteiger partial charge is 0.0359 e. The number of hydrogen-bond donors (Lipinski definition) is 1. The van der Waals surface area contributed by atoms with Gasteiger partial charge in [0.1, 0.15) is 0 Å². The van der Waals surface area contributed by atoms with Crippen LogP contribution < -0.4 is 5.73 Å². The van der Waals surface area contributed by atoms with E-state index in [1.54, 1.807) is 0 Å². The van der Waals surface area contributed by atoms with E-state index in [-0.39, 0.29) is 0 Å². The van der Waals surface area contributed by atoms with Crippen LogP contribution in [0.3, 0.4) is 0 Å². The summed E-state index contributed by atoms with van der Waals surface area (Å²) in [6, 6.07) is 9.04. The van der Waals surface area contributed by atoms with Crippen LogP contribution in [0, 0.1) is 0 Å². The van der Waals surface area contributed by atoms with Gasteiger partial charge in [-0.3, -0.25) is 4.90 Å². The van der Waals surface area contributed by atoms with Gasteiger partial charge < -0.3 is 10.6 Å². The summed E-state index contributed by atoms with van der Waals surface area (Å²) in [5, 5.41) is 0. The molecule has 0 saturated heterocycles. The van der Waals surface area contributed by atoms with E-state index in [0.29, 0.717) is 0 Å². The average Bonchev–Trinajstić information content (AvgIpc) is 3.25. The highest BCUT2D eigenvalue weighted by Crippen LogP contribution is 2.29. The quantitative estimate of drug-likeness (QED) is 0.730. The highest BCUT2D eigenvalue weighted by atomic mass is 15.2. The maximum Gasteiger partial charge on any atom is 0.0359 e. The van der Waals surface area contributed by atoms with Crippen molar-refractivity contribution in [2.45, 2.75) is 39.3 Å². The first-order chi connectivity index (χ1) is 9.24. The molecule has 0 unspecified atom stereocenters. The molecule has 0 aromatic heterocycles. The van der Waals surface area contributed by atoms with Crippen molar-refractivity contribution in [2.75, 3.05) is 31.9 Å². The summed E-state index contributed by atoms with van der Waals surface area (Å²) in [5.41, 5.74) is 8.26. The second-order valence-corrected chi connectivity index (χ2v) is 5.43. The van der Waals surface area contributed by atoms with Gasteiger partial charge >= 0.3 is 0 Å². The van der Waals surface area contributed by atoms with E-state index in [2.05, 4.69) is 35.8 Å². The Morgan fingerprint density at radius 3 is 2.37 bits per heavy atom. The van der Waals surface area contributed by atoms with Crippen LogP contribution in [-0.2, 0) is 6.54 Å². The van der Waals surface area contributed by atoms with Crippen molar-refractivity contribution < 1.29 is 0 Å². The molecule has 1 aromatic rings. The Kier molecular flexibility index (Phi) is 5.23. The zero-order valence-corrected chi connectivity index (χ0v) is 12.3. The lowest BCUT2D eigenvalue weighted by Crippen LogP contribution is -2.36. The minimum absolute atomic E-state index is 0.787. The summed E-state index contributed by atoms with van der Waals surface area (Å²) >= 11 is 0. The Morgan fingerprint density at radius 2 is 1.79 bits per heavy atom. The molecule has 19 heavy (non-hydrogen) atoms. The van der Waals surface area contributed by atoms with Gasteiger partial charge in [0.05, 0.1) is 0 Å². The third-order valence-corrected chi connectivity index (χ3v) is 4.09. The fourth-order valence-electron chi connectivity index (χ4n) is 2.54. The van der Waals surface area contributed by atoms with Crippen molar-refractivity contribution in [1.29, 1.82) is 0 Å². The topological polar surface area (TPSA) is 32.5 Å². The molecule has 2 N–H and O–H groups in total. The van der Waals surface area contributed by atoms with Gasteiger partial charge in [-0.05, 0) is 37.6 Å². The van der Waals surface area contributed by atoms with Gasteiger partial charge in [-0.2, -0.15) is 0 Å². The molecule has 3 heteroatoms. The Labute approximate surface area is 117 Å². The van der Waals surface area contributed by atoms with Crippen molar-refractivity contribution in [2.24, 2.45) is 0 Å². The molecule has 0 heterocycles. The lowest BCUT2D eigenvalue weighted by atomic mass is 10.1. The van der Waals surface area contributed by atoms with Crippen LogP contribution in [-0.4, -0.2) is 42.0 Å². The molecule has 0 aliphatic heterocycles. The standard InChI is InChI=1S/C16H27N3/c1-3-18(4-2)11-12-19(15-9-10-15)13-14-7-5-6-8-16(14)17/h5-8,15H,3-4,9-13,17H2,1-2H3. The minimum Gasteiger partial charge on any atom is -0.398 e. The lowest BCUT2D eigenvalue weighted by molar-refractivity contribution is 0.201. The van der Waals surface area contributed by atoms with Crippen LogP contribution >= 0.6 is 0 Å². The minimum atomic E-state index is 0.787. The van der Waals surface area contributed by atoms with Gasteiger partial charge in [0.2, 0.25) is 0 Å². The van der Waals surface area contributed by atoms with Gasteiger partial charge in [-0.25, -0.2) is 0 Å². The maximum atomic E-state index is 6.06. The van der Waals surface area contributed by atoms with E-state index < -0.39 is 0 Å². The summed E-state index contributed by atoms with van der Waals surface area (Å²) in [6.07, 6.45) is 2.70. The van der Waals surface area contributed by atoms with E-state index in [0.717, 1.165) is 44.5 Å². The zero-order chi connectivity index (χ0) is 13.7. The predicted molar refractivity (Wildman–Crippen MR) is 82.1 cm³/mol. The van der Waals surface area contributed by atoms with Crippen LogP contribution in [0.4, 0.5) is 5.69 Å². The van der Waals surface area contributed by atoms with Gasteiger partial charge in [0.15, 0.2) is 0 Å². The molecule has 1 fully saturated rings. The first kappa shape index (κ1) is 14.4. The van der Waals surface area contributed by atoms with E-state index in [9.17, 15) is 0 Å². The van der Waals surface area contributed by atoms with E-state index in [1.807, 2.05) is 12.1 Å². The number of para-hydroxylation sites is 1. The molecular weight excluding hydrogens is 234 g/mol. The number of nitrogens with zero attached hydrogens (tertiary/aromatic N) is 2. The first-order valence-electron chi connectivity index (χ1n) is 7.54. The Balaban J connectivity index is 1.91. The molecular formula is C16H27N3. The highest BCUT2D eigenvalue weighted by Gasteiger charge is 2.29. The van der Waals surface area contributed by atoms with E-state index in [1.165, 1.54) is 18.4 Å². The lowest BCUT2D eigenvalue weighted by Gasteiger charge is -2.26. The molecule has 3 nitrogen and oxygen atoms in total. The molecule has 0 spiro atoms. The van der Waals surface area contributed by atoms with Gasteiger partial charge in [-0.15, -0.1) is 0 Å². The predicted octanol–water partition coefficient (Wildman–Crippen LogP) is 2.58. The second-order valence-electron chi connectivity index (χ2n) is 5.43. The maximum absolute atomic E-state index is 6.06. The van der Waals surface area contributed by atoms with Crippen molar-refractivity contribution in [3.8, 4) is 0 Å². The molecule has 0 radical (unpaired) electrons. The number of likely N-dealkylation sites (N-methyl/N-ethyl adjacent to an activating group) is 1. The zero-order valence-electron chi connectivity index (χ0n) is 12.3. The van der Waals surface area contributed by atoms with E-state index in [4.69, 9.17) is 5.73 Å². The highest BCUT2D eigenvalue weighted by molar-refractivity contribution is 5.46. The summed E-state index contributed by atoms with van der Waals surface area (Å²) in [4.78, 5) is 5.09. The fourth-order valence-corrected chi connectivity index (χ4v) is 2.54. The molecule has 1 saturated carbocycles. The molecule has 1 aliphatic carbocycles. The van der Waals surface area contributed by atoms with Crippen molar-refractivity contribution >= 4 is 5.69 Å². The van der Waals surface area contributed by atoms with Crippen molar-refractivity contribution in [3.05, 3.63) is 29.8 Å². The van der Waals surface area contributed by atoms with Crippen LogP contribution in [0.1, 0.15) is 32.3 Å². The molecule has 0 amide bonds. The summed E-state index contributed by atoms with van der Waals surface area (Å²) < 4.78 is 0. The second kappa shape index (κ2) is 6.92. The molecule has 0 atom stereocenters. The summed E-state index contributed by atoms with van der Waals surface area (Å²) in [7, 11) is 0. The summed E-state index contributed by atoms with van der Waals surface area (Å²) in [6.45, 7) is 10.1. The Bertz CT molecular complexity index is 383. The largest absolute Gasteiger partial charge is 0.398 e. The fraction of sp³-hybridized carbons (Fsp3) is 0.625. The van der Waals surface area contributed by atoms with Crippen molar-refractivity contribution in [3.63, 3.8) is 0 Å². The molecule has 106 valence electrons. The van der Waals surface area contributed by atoms with Crippen LogP contribution in [0.2, 0.25) is 0 Å². The SMILES string of the molecule is CCN(CC)CCN(Cc1ccccc1N)C1CC1. The third-order valence-electron chi connectivity index (χ3n) is 4.09.